The van der Waals surface area contributed by atoms with Crippen molar-refractivity contribution in [3.8, 4) is 0 Å². The van der Waals surface area contributed by atoms with Gasteiger partial charge in [-0.25, -0.2) is 4.79 Å². The van der Waals surface area contributed by atoms with Crippen molar-refractivity contribution in [2.24, 2.45) is 9.81 Å². The molecule has 0 bridgehead atoms. The van der Waals surface area contributed by atoms with Gasteiger partial charge in [0.05, 0.1) is 0 Å². The van der Waals surface area contributed by atoms with Crippen molar-refractivity contribution in [3.05, 3.63) is 34.3 Å². The zero-order chi connectivity index (χ0) is 18.4. The Balaban J connectivity index is 2.01. The van der Waals surface area contributed by atoms with Crippen LogP contribution in [0.1, 0.15) is 44.7 Å². The lowest BCUT2D eigenvalue weighted by Crippen LogP contribution is -2.45. The highest BCUT2D eigenvalue weighted by molar-refractivity contribution is 7.91. The predicted octanol–water partition coefficient (Wildman–Crippen LogP) is 3.91. The van der Waals surface area contributed by atoms with Gasteiger partial charge in [-0.2, -0.15) is 0 Å². The summed E-state index contributed by atoms with van der Waals surface area (Å²) in [6.07, 6.45) is 1.29. The smallest absolute Gasteiger partial charge is 0.407 e. The van der Waals surface area contributed by atoms with Crippen molar-refractivity contribution in [3.63, 3.8) is 0 Å². The van der Waals surface area contributed by atoms with Crippen LogP contribution >= 0.6 is 11.6 Å². The Bertz CT molecular complexity index is 722. The van der Waals surface area contributed by atoms with E-state index in [1.54, 1.807) is 0 Å². The highest BCUT2D eigenvalue weighted by Crippen LogP contribution is 2.46. The Kier molecular flexibility index (Phi) is 4.81. The van der Waals surface area contributed by atoms with E-state index < -0.39 is 22.2 Å². The normalized spacial score (nSPS) is 22.3. The molecule has 1 spiro atoms. The molecule has 1 N–H and O–H groups in total. The maximum absolute atomic E-state index is 12.7. The molecule has 1 aromatic rings. The van der Waals surface area contributed by atoms with E-state index in [9.17, 15) is 14.5 Å². The molecular formula is C18H23ClN2O3S. The molecule has 1 fully saturated rings. The highest BCUT2D eigenvalue weighted by atomic mass is 35.5. The molecule has 1 aromatic carbocycles. The van der Waals surface area contributed by atoms with Crippen molar-refractivity contribution in [2.75, 3.05) is 13.1 Å². The second-order valence-electron chi connectivity index (χ2n) is 7.83. The molecule has 0 saturated carbocycles. The summed E-state index contributed by atoms with van der Waals surface area (Å²) in [5, 5.41) is 9.86. The van der Waals surface area contributed by atoms with Gasteiger partial charge in [-0.3, -0.25) is 0 Å². The van der Waals surface area contributed by atoms with Gasteiger partial charge in [0, 0.05) is 29.1 Å². The Hall–Kier alpha value is -1.24. The standard InChI is InChI=1S/C18H23ClN2O3S/c1-17(2,3)25(24)20-15-14-10-13(19)5-4-12(14)11-18(15)6-8-21(9-7-18)16(22)23/h4-5,10H,6-9,11H2,1-3H3,(H,22,23)/b20-15-. The molecule has 1 atom stereocenters. The number of benzene rings is 1. The number of amides is 1. The minimum atomic E-state index is -1.37. The molecule has 0 aromatic heterocycles. The summed E-state index contributed by atoms with van der Waals surface area (Å²) in [7, 11) is 0. The van der Waals surface area contributed by atoms with E-state index in [-0.39, 0.29) is 5.41 Å². The number of likely N-dealkylation sites (tertiary alicyclic amines) is 1. The Morgan fingerprint density at radius 2 is 2.00 bits per heavy atom. The lowest BCUT2D eigenvalue weighted by molar-refractivity contribution is 0.115. The van der Waals surface area contributed by atoms with E-state index in [0.29, 0.717) is 31.0 Å². The number of hydrogen-bond acceptors (Lipinski definition) is 3. The molecule has 1 heterocycles. The maximum Gasteiger partial charge on any atom is 0.407 e. The van der Waals surface area contributed by atoms with Crippen molar-refractivity contribution in [1.82, 2.24) is 4.90 Å². The minimum Gasteiger partial charge on any atom is -0.591 e. The first-order chi connectivity index (χ1) is 11.6. The second-order valence-corrected chi connectivity index (χ2v) is 10.2. The molecule has 1 amide bonds. The second kappa shape index (κ2) is 6.49. The molecule has 1 aliphatic carbocycles. The number of fused-ring (bicyclic) bond motifs is 1. The third kappa shape index (κ3) is 3.52. The van der Waals surface area contributed by atoms with Gasteiger partial charge in [0.1, 0.15) is 21.8 Å². The van der Waals surface area contributed by atoms with E-state index in [2.05, 4.69) is 4.40 Å². The van der Waals surface area contributed by atoms with Crippen LogP contribution in [0.2, 0.25) is 5.02 Å². The van der Waals surface area contributed by atoms with Gasteiger partial charge in [-0.15, -0.1) is 0 Å². The van der Waals surface area contributed by atoms with E-state index in [1.165, 1.54) is 4.90 Å². The van der Waals surface area contributed by atoms with Crippen LogP contribution in [-0.4, -0.2) is 44.2 Å². The van der Waals surface area contributed by atoms with Gasteiger partial charge >= 0.3 is 6.09 Å². The quantitative estimate of drug-likeness (QED) is 0.748. The monoisotopic (exact) mass is 382 g/mol. The molecular weight excluding hydrogens is 360 g/mol. The number of carboxylic acid groups (broad SMARTS) is 1. The maximum atomic E-state index is 12.7. The molecule has 0 radical (unpaired) electrons. The number of halogens is 1. The number of hydrogen-bond donors (Lipinski definition) is 1. The number of rotatable bonds is 1. The SMILES string of the molecule is CC(C)(C)[S+]([O-])/N=C1/c2cc(Cl)ccc2CC12CCN(C(=O)O)CC2. The third-order valence-corrected chi connectivity index (χ3v) is 6.68. The first kappa shape index (κ1) is 18.5. The number of piperidine rings is 1. The molecule has 3 rings (SSSR count). The average molecular weight is 383 g/mol. The molecule has 25 heavy (non-hydrogen) atoms. The Labute approximate surface area is 156 Å². The zero-order valence-electron chi connectivity index (χ0n) is 14.7. The average Bonchev–Trinajstić information content (AvgIpc) is 2.80. The van der Waals surface area contributed by atoms with Crippen LogP contribution in [0.4, 0.5) is 4.79 Å². The van der Waals surface area contributed by atoms with Crippen LogP contribution in [0.5, 0.6) is 0 Å². The fourth-order valence-electron chi connectivity index (χ4n) is 3.56. The molecule has 1 aliphatic heterocycles. The lowest BCUT2D eigenvalue weighted by Gasteiger charge is -2.38. The van der Waals surface area contributed by atoms with E-state index >= 15 is 0 Å². The molecule has 136 valence electrons. The molecule has 5 nitrogen and oxygen atoms in total. The van der Waals surface area contributed by atoms with Crippen LogP contribution in [0.3, 0.4) is 0 Å². The van der Waals surface area contributed by atoms with Gasteiger partial charge in [0.2, 0.25) is 0 Å². The topological polar surface area (TPSA) is 76.0 Å². The van der Waals surface area contributed by atoms with Gasteiger partial charge in [0.25, 0.3) is 0 Å². The van der Waals surface area contributed by atoms with Gasteiger partial charge in [0.15, 0.2) is 0 Å². The highest BCUT2D eigenvalue weighted by Gasteiger charge is 2.48. The zero-order valence-corrected chi connectivity index (χ0v) is 16.3. The predicted molar refractivity (Wildman–Crippen MR) is 101 cm³/mol. The third-order valence-electron chi connectivity index (χ3n) is 5.05. The van der Waals surface area contributed by atoms with Crippen molar-refractivity contribution < 1.29 is 14.5 Å². The summed E-state index contributed by atoms with van der Waals surface area (Å²) < 4.78 is 16.9. The molecule has 1 saturated heterocycles. The summed E-state index contributed by atoms with van der Waals surface area (Å²) in [6, 6.07) is 5.77. The summed E-state index contributed by atoms with van der Waals surface area (Å²) in [5.74, 6) is 0. The van der Waals surface area contributed by atoms with Gasteiger partial charge < -0.3 is 14.6 Å². The van der Waals surface area contributed by atoms with Crippen LogP contribution in [0, 0.1) is 5.41 Å². The Morgan fingerprint density at radius 3 is 2.56 bits per heavy atom. The van der Waals surface area contributed by atoms with Gasteiger partial charge in [-0.1, -0.05) is 22.1 Å². The number of nitrogens with zero attached hydrogens (tertiary/aromatic N) is 2. The summed E-state index contributed by atoms with van der Waals surface area (Å²) in [4.78, 5) is 12.7. The summed E-state index contributed by atoms with van der Waals surface area (Å²) in [6.45, 7) is 6.65. The lowest BCUT2D eigenvalue weighted by atomic mass is 9.74. The van der Waals surface area contributed by atoms with Gasteiger partial charge in [-0.05, 0) is 57.7 Å². The first-order valence-electron chi connectivity index (χ1n) is 8.40. The molecule has 2 aliphatic rings. The number of carbonyl (C=O) groups is 1. The van der Waals surface area contributed by atoms with Crippen molar-refractivity contribution >= 4 is 34.8 Å². The summed E-state index contributed by atoms with van der Waals surface area (Å²) in [5.41, 5.74) is 2.70. The van der Waals surface area contributed by atoms with Crippen LogP contribution < -0.4 is 0 Å². The van der Waals surface area contributed by atoms with E-state index in [1.807, 2.05) is 39.0 Å². The van der Waals surface area contributed by atoms with Crippen LogP contribution in [0.15, 0.2) is 22.6 Å². The van der Waals surface area contributed by atoms with Crippen molar-refractivity contribution in [1.29, 1.82) is 0 Å². The van der Waals surface area contributed by atoms with Crippen LogP contribution in [-0.2, 0) is 17.8 Å². The largest absolute Gasteiger partial charge is 0.591 e. The van der Waals surface area contributed by atoms with E-state index in [4.69, 9.17) is 11.6 Å². The fourth-order valence-corrected chi connectivity index (χ4v) is 4.47. The minimum absolute atomic E-state index is 0.250. The molecule has 7 heteroatoms. The Morgan fingerprint density at radius 1 is 1.36 bits per heavy atom. The fraction of sp³-hybridized carbons (Fsp3) is 0.556. The van der Waals surface area contributed by atoms with Crippen molar-refractivity contribution in [2.45, 2.75) is 44.8 Å². The van der Waals surface area contributed by atoms with Crippen LogP contribution in [0.25, 0.3) is 0 Å². The summed E-state index contributed by atoms with van der Waals surface area (Å²) >= 11 is 4.82. The van der Waals surface area contributed by atoms with E-state index in [0.717, 1.165) is 23.3 Å². The molecule has 1 unspecified atom stereocenters. The first-order valence-corrected chi connectivity index (χ1v) is 9.89.